The number of nitrogens with one attached hydrogen (secondary N) is 1. The van der Waals surface area contributed by atoms with Gasteiger partial charge >= 0.3 is 23.3 Å². The number of rotatable bonds is 22. The Morgan fingerprint density at radius 2 is 1.18 bits per heavy atom. The highest BCUT2D eigenvalue weighted by Gasteiger charge is 2.29. The number of esters is 2. The van der Waals surface area contributed by atoms with E-state index in [4.69, 9.17) is 44.8 Å². The SMILES string of the molecule is CCN(CC)CC.CCOC(=O)CN(Cc1cccc(CN2CCCC2)c1)c1nc(C=S)nc(N)c1[N+](=O)[O-].CCOC(=O)CNCc1cccc(CN2CCCC2)c1.Nc1nc(C=S)nc(Cl)c1[N+](=O)[O-]. The Bertz CT molecular complexity index is 2360. The molecule has 0 aliphatic carbocycles. The number of ether oxygens (including phenoxy) is 2. The van der Waals surface area contributed by atoms with Gasteiger partial charge in [-0.2, -0.15) is 0 Å². The molecule has 0 spiro atoms. The van der Waals surface area contributed by atoms with E-state index in [1.54, 1.807) is 6.92 Å². The molecule has 0 radical (unpaired) electrons. The molecule has 0 amide bonds. The van der Waals surface area contributed by atoms with Crippen LogP contribution in [0.2, 0.25) is 5.15 Å². The normalized spacial score (nSPS) is 13.1. The van der Waals surface area contributed by atoms with Gasteiger partial charge in [0.15, 0.2) is 11.6 Å². The molecule has 0 saturated carbocycles. The third-order valence-corrected chi connectivity index (χ3v) is 11.8. The first-order chi connectivity index (χ1) is 34.6. The van der Waals surface area contributed by atoms with Crippen LogP contribution in [0.25, 0.3) is 0 Å². The zero-order valence-electron chi connectivity index (χ0n) is 41.8. The Balaban J connectivity index is 0.000000290. The molecule has 21 nitrogen and oxygen atoms in total. The summed E-state index contributed by atoms with van der Waals surface area (Å²) >= 11 is 14.9. The van der Waals surface area contributed by atoms with Gasteiger partial charge in [0.05, 0.1) is 29.6 Å². The molecule has 2 aliphatic heterocycles. The Kier molecular flexibility index (Phi) is 27.6. The van der Waals surface area contributed by atoms with Gasteiger partial charge in [-0.1, -0.05) is 105 Å². The van der Waals surface area contributed by atoms with Crippen LogP contribution in [0.4, 0.5) is 28.8 Å². The fraction of sp³-hybridized carbons (Fsp3) is 0.500. The third kappa shape index (κ3) is 21.0. The second kappa shape index (κ2) is 32.9. The van der Waals surface area contributed by atoms with Crippen molar-refractivity contribution in [3.05, 3.63) is 108 Å². The van der Waals surface area contributed by atoms with Crippen molar-refractivity contribution in [1.29, 1.82) is 0 Å². The zero-order valence-corrected chi connectivity index (χ0v) is 44.2. The number of carbonyl (C=O) groups excluding carboxylic acids is 2. The van der Waals surface area contributed by atoms with Gasteiger partial charge < -0.3 is 36.1 Å². The lowest BCUT2D eigenvalue weighted by atomic mass is 10.1. The molecule has 0 bridgehead atoms. The maximum atomic E-state index is 12.3. The molecule has 4 aromatic rings. The van der Waals surface area contributed by atoms with Gasteiger partial charge in [-0.05, 0) is 108 Å². The van der Waals surface area contributed by atoms with Gasteiger partial charge in [0.25, 0.3) is 0 Å². The number of hydrogen-bond donors (Lipinski definition) is 3. The zero-order chi connectivity index (χ0) is 53.0. The molecule has 2 fully saturated rings. The standard InChI is InChI=1S/C21H26N6O4S.C16H24N2O2.C6H15N.C5H3ClN4O2S/c1-2-31-18(28)13-26(21-19(27(29)30)20(22)23-17(14-32)24-21)12-16-7-5-6-15(10-16)11-25-8-3-4-9-25;1-2-20-16(19)12-17-11-14-6-5-7-15(10-14)13-18-8-3-4-9-18;1-4-7(5-2)6-3;6-4-3(10(11)12)5(7)9-2(1-13)8-4/h5-7,10,14H,2-4,8-9,11-13H2,1H3,(H2,22,23,24);5-7,10,17H,2-4,8-9,11-13H2,1H3;4-6H2,1-3H3;1H,(H2,7,8,9). The molecular formula is C48H68ClN13O8S2. The van der Waals surface area contributed by atoms with Crippen LogP contribution in [0.15, 0.2) is 48.5 Å². The summed E-state index contributed by atoms with van der Waals surface area (Å²) in [4.78, 5) is 68.1. The van der Waals surface area contributed by atoms with Gasteiger partial charge in [-0.15, -0.1) is 0 Å². The number of nitrogen functional groups attached to an aromatic ring is 2. The van der Waals surface area contributed by atoms with E-state index in [1.165, 1.54) is 79.8 Å². The molecule has 0 unspecified atom stereocenters. The monoisotopic (exact) mass is 1050 g/mol. The Hall–Kier alpha value is -5.95. The van der Waals surface area contributed by atoms with Crippen LogP contribution in [-0.2, 0) is 45.2 Å². The van der Waals surface area contributed by atoms with Gasteiger partial charge in [0.2, 0.25) is 22.6 Å². The number of likely N-dealkylation sites (tertiary alicyclic amines) is 2. The molecule has 392 valence electrons. The number of hydrogen-bond acceptors (Lipinski definition) is 21. The first kappa shape index (κ1) is 60.4. The second-order valence-corrected chi connectivity index (χ2v) is 17.1. The summed E-state index contributed by atoms with van der Waals surface area (Å²) in [6.45, 7) is 21.6. The number of nitrogens with zero attached hydrogens (tertiary/aromatic N) is 10. The van der Waals surface area contributed by atoms with E-state index < -0.39 is 27.2 Å². The smallest absolute Gasteiger partial charge is 0.353 e. The molecule has 72 heavy (non-hydrogen) atoms. The molecule has 6 rings (SSSR count). The first-order valence-electron chi connectivity index (χ1n) is 23.9. The summed E-state index contributed by atoms with van der Waals surface area (Å²) < 4.78 is 9.96. The lowest BCUT2D eigenvalue weighted by Gasteiger charge is -2.23. The van der Waals surface area contributed by atoms with E-state index in [9.17, 15) is 29.8 Å². The summed E-state index contributed by atoms with van der Waals surface area (Å²) in [7, 11) is 0. The van der Waals surface area contributed by atoms with Crippen molar-refractivity contribution in [3.63, 3.8) is 0 Å². The number of aromatic nitrogens is 4. The molecule has 5 N–H and O–H groups in total. The molecule has 0 atom stereocenters. The minimum absolute atomic E-state index is 0.0646. The van der Waals surface area contributed by atoms with Gasteiger partial charge in [0, 0.05) is 36.9 Å². The summed E-state index contributed by atoms with van der Waals surface area (Å²) in [5.74, 6) is -1.25. The van der Waals surface area contributed by atoms with Crippen LogP contribution in [0, 0.1) is 20.2 Å². The number of nitro groups is 2. The van der Waals surface area contributed by atoms with Gasteiger partial charge in [0.1, 0.15) is 6.54 Å². The molecule has 2 aromatic heterocycles. The minimum Gasteiger partial charge on any atom is -0.465 e. The van der Waals surface area contributed by atoms with E-state index in [0.29, 0.717) is 13.2 Å². The Morgan fingerprint density at radius 3 is 1.64 bits per heavy atom. The molecule has 4 heterocycles. The quantitative estimate of drug-likeness (QED) is 0.0242. The van der Waals surface area contributed by atoms with E-state index in [0.717, 1.165) is 42.7 Å². The largest absolute Gasteiger partial charge is 0.465 e. The number of carbonyl (C=O) groups is 2. The van der Waals surface area contributed by atoms with E-state index in [1.807, 2.05) is 31.2 Å². The van der Waals surface area contributed by atoms with Crippen molar-refractivity contribution < 1.29 is 28.9 Å². The highest BCUT2D eigenvalue weighted by atomic mass is 35.5. The average Bonchev–Trinajstić information content (AvgIpc) is 4.07. The Morgan fingerprint density at radius 1 is 0.722 bits per heavy atom. The topological polar surface area (TPSA) is 267 Å². The highest BCUT2D eigenvalue weighted by Crippen LogP contribution is 2.32. The predicted octanol–water partition coefficient (Wildman–Crippen LogP) is 6.73. The number of benzene rings is 2. The predicted molar refractivity (Wildman–Crippen MR) is 288 cm³/mol. The van der Waals surface area contributed by atoms with E-state index in [2.05, 4.69) is 97.2 Å². The van der Waals surface area contributed by atoms with Crippen molar-refractivity contribution in [2.75, 3.05) is 88.5 Å². The molecule has 2 saturated heterocycles. The minimum atomic E-state index is -0.745. The van der Waals surface area contributed by atoms with Crippen LogP contribution in [0.3, 0.4) is 0 Å². The average molecular weight is 1050 g/mol. The highest BCUT2D eigenvalue weighted by molar-refractivity contribution is 7.79. The third-order valence-electron chi connectivity index (χ3n) is 11.1. The summed E-state index contributed by atoms with van der Waals surface area (Å²) in [6, 6.07) is 16.5. The van der Waals surface area contributed by atoms with E-state index in [-0.39, 0.29) is 66.5 Å². The Labute approximate surface area is 437 Å². The number of thiocarbonyl (C=S) groups is 2. The van der Waals surface area contributed by atoms with Crippen LogP contribution >= 0.6 is 36.0 Å². The summed E-state index contributed by atoms with van der Waals surface area (Å²) in [5.41, 5.74) is 14.7. The van der Waals surface area contributed by atoms with Crippen LogP contribution in [-0.4, -0.2) is 139 Å². The summed E-state index contributed by atoms with van der Waals surface area (Å²) in [6.07, 6.45) is 5.05. The van der Waals surface area contributed by atoms with Crippen molar-refractivity contribution in [3.8, 4) is 0 Å². The van der Waals surface area contributed by atoms with Crippen molar-refractivity contribution >= 4 is 87.5 Å². The molecule has 24 heteroatoms. The lowest BCUT2D eigenvalue weighted by Crippen LogP contribution is -2.32. The van der Waals surface area contributed by atoms with Crippen molar-refractivity contribution in [1.82, 2.24) is 40.0 Å². The fourth-order valence-corrected chi connectivity index (χ4v) is 8.11. The number of anilines is 3. The fourth-order valence-electron chi connectivity index (χ4n) is 7.65. The first-order valence-corrected chi connectivity index (χ1v) is 25.2. The maximum Gasteiger partial charge on any atom is 0.353 e. The van der Waals surface area contributed by atoms with Crippen molar-refractivity contribution in [2.24, 2.45) is 0 Å². The van der Waals surface area contributed by atoms with Crippen LogP contribution < -0.4 is 21.7 Å². The van der Waals surface area contributed by atoms with Crippen molar-refractivity contribution in [2.45, 2.75) is 86.5 Å². The van der Waals surface area contributed by atoms with E-state index >= 15 is 0 Å². The second-order valence-electron chi connectivity index (χ2n) is 16.3. The lowest BCUT2D eigenvalue weighted by molar-refractivity contribution is -0.384. The van der Waals surface area contributed by atoms with Crippen LogP contribution in [0.1, 0.15) is 94.2 Å². The molecule has 2 aromatic carbocycles. The number of nitrogens with two attached hydrogens (primary N) is 2. The summed E-state index contributed by atoms with van der Waals surface area (Å²) in [5, 5.41) is 27.2. The number of halogens is 1. The van der Waals surface area contributed by atoms with Gasteiger partial charge in [-0.3, -0.25) is 39.6 Å². The van der Waals surface area contributed by atoms with Gasteiger partial charge in [-0.25, -0.2) is 19.9 Å². The van der Waals surface area contributed by atoms with Crippen LogP contribution in [0.5, 0.6) is 0 Å². The molecular weight excluding hydrogens is 986 g/mol. The molecule has 2 aliphatic rings. The maximum absolute atomic E-state index is 12.3.